The maximum Gasteiger partial charge on any atom is 0.187 e. The Morgan fingerprint density at radius 3 is 2.90 bits per heavy atom. The van der Waals surface area contributed by atoms with Crippen LogP contribution in [0, 0.1) is 0 Å². The molecule has 1 fully saturated rings. The van der Waals surface area contributed by atoms with E-state index in [1.807, 2.05) is 42.5 Å². The van der Waals surface area contributed by atoms with Gasteiger partial charge in [-0.25, -0.2) is 0 Å². The Bertz CT molecular complexity index is 1170. The third-order valence-corrected chi connectivity index (χ3v) is 6.08. The molecule has 2 aromatic carbocycles. The average Bonchev–Trinajstić information content (AvgIpc) is 3.36. The van der Waals surface area contributed by atoms with Gasteiger partial charge in [-0.1, -0.05) is 28.9 Å². The number of hydrogen-bond acceptors (Lipinski definition) is 7. The molecule has 0 saturated heterocycles. The van der Waals surface area contributed by atoms with Crippen molar-refractivity contribution in [3.05, 3.63) is 53.2 Å². The summed E-state index contributed by atoms with van der Waals surface area (Å²) in [6.45, 7) is 0. The molecule has 0 spiro atoms. The third-order valence-electron chi connectivity index (χ3n) is 4.76. The number of hydrogen-bond donors (Lipinski definition) is 3. The zero-order valence-electron chi connectivity index (χ0n) is 15.5. The van der Waals surface area contributed by atoms with Crippen LogP contribution in [0.1, 0.15) is 24.5 Å². The van der Waals surface area contributed by atoms with Gasteiger partial charge in [0.15, 0.2) is 17.2 Å². The number of nitrogens with one attached hydrogen (secondary N) is 3. The van der Waals surface area contributed by atoms with Crippen LogP contribution >= 0.6 is 23.5 Å². The van der Waals surface area contributed by atoms with E-state index < -0.39 is 0 Å². The predicted octanol–water partition coefficient (Wildman–Crippen LogP) is 5.95. The van der Waals surface area contributed by atoms with E-state index in [-0.39, 0.29) is 0 Å². The van der Waals surface area contributed by atoms with E-state index >= 15 is 0 Å². The van der Waals surface area contributed by atoms with Crippen LogP contribution < -0.4 is 14.8 Å². The average molecular weight is 428 g/mol. The van der Waals surface area contributed by atoms with Crippen LogP contribution in [0.2, 0.25) is 5.02 Å². The second-order valence-electron chi connectivity index (χ2n) is 6.82. The van der Waals surface area contributed by atoms with Crippen molar-refractivity contribution >= 4 is 51.8 Å². The summed E-state index contributed by atoms with van der Waals surface area (Å²) in [5, 5.41) is 16.4. The molecule has 148 valence electrons. The molecule has 0 atom stereocenters. The number of aromatic nitrogens is 3. The van der Waals surface area contributed by atoms with Gasteiger partial charge in [-0.15, -0.1) is 0 Å². The molecule has 0 aliphatic heterocycles. The van der Waals surface area contributed by atoms with Gasteiger partial charge in [-0.2, -0.15) is 5.10 Å². The third kappa shape index (κ3) is 3.73. The Morgan fingerprint density at radius 2 is 2.10 bits per heavy atom. The summed E-state index contributed by atoms with van der Waals surface area (Å²) in [5.41, 5.74) is 2.55. The van der Waals surface area contributed by atoms with Crippen molar-refractivity contribution in [2.24, 2.45) is 0 Å². The first kappa shape index (κ1) is 18.2. The highest BCUT2D eigenvalue weighted by Crippen LogP contribution is 2.41. The lowest BCUT2D eigenvalue weighted by molar-refractivity contribution is 0.417. The van der Waals surface area contributed by atoms with Crippen molar-refractivity contribution in [2.75, 3.05) is 17.1 Å². The molecule has 3 N–H and O–H groups in total. The van der Waals surface area contributed by atoms with Gasteiger partial charge in [-0.3, -0.25) is 5.10 Å². The summed E-state index contributed by atoms with van der Waals surface area (Å²) in [5.74, 6) is 2.63. The molecular formula is C20H18ClN5O2S. The van der Waals surface area contributed by atoms with Crippen LogP contribution in [-0.4, -0.2) is 22.5 Å². The zero-order chi connectivity index (χ0) is 19.8. The molecule has 0 radical (unpaired) electrons. The molecule has 2 aromatic heterocycles. The molecule has 7 nitrogen and oxygen atoms in total. The first-order valence-corrected chi connectivity index (χ1v) is 10.4. The van der Waals surface area contributed by atoms with Gasteiger partial charge >= 0.3 is 0 Å². The lowest BCUT2D eigenvalue weighted by Crippen LogP contribution is -1.95. The molecule has 0 amide bonds. The largest absolute Gasteiger partial charge is 0.495 e. The summed E-state index contributed by atoms with van der Waals surface area (Å²) in [6.07, 6.45) is 2.44. The van der Waals surface area contributed by atoms with Gasteiger partial charge in [0.25, 0.3) is 0 Å². The Hall–Kier alpha value is -2.84. The number of fused-ring (bicyclic) bond motifs is 1. The lowest BCUT2D eigenvalue weighted by Gasteiger charge is -2.09. The molecule has 1 aliphatic rings. The molecule has 4 aromatic rings. The fourth-order valence-corrected chi connectivity index (χ4v) is 4.00. The number of methoxy groups -OCH3 is 1. The van der Waals surface area contributed by atoms with E-state index in [4.69, 9.17) is 20.9 Å². The lowest BCUT2D eigenvalue weighted by atomic mass is 10.2. The van der Waals surface area contributed by atoms with Crippen LogP contribution in [0.5, 0.6) is 5.75 Å². The van der Waals surface area contributed by atoms with Gasteiger partial charge in [0.2, 0.25) is 0 Å². The van der Waals surface area contributed by atoms with E-state index in [1.54, 1.807) is 7.11 Å². The van der Waals surface area contributed by atoms with Crippen LogP contribution in [0.15, 0.2) is 51.9 Å². The van der Waals surface area contributed by atoms with Crippen molar-refractivity contribution in [3.8, 4) is 5.75 Å². The van der Waals surface area contributed by atoms with E-state index in [0.717, 1.165) is 27.5 Å². The number of ether oxygens (including phenoxy) is 1. The van der Waals surface area contributed by atoms with Crippen molar-refractivity contribution in [3.63, 3.8) is 0 Å². The molecule has 9 heteroatoms. The first-order chi connectivity index (χ1) is 14.2. The van der Waals surface area contributed by atoms with E-state index in [0.29, 0.717) is 28.1 Å². The van der Waals surface area contributed by atoms with Crippen molar-refractivity contribution in [2.45, 2.75) is 23.7 Å². The number of H-pyrrole nitrogens is 1. The van der Waals surface area contributed by atoms with E-state index in [1.165, 1.54) is 24.8 Å². The highest BCUT2D eigenvalue weighted by atomic mass is 35.5. The Balaban J connectivity index is 1.39. The second kappa shape index (κ2) is 7.53. The summed E-state index contributed by atoms with van der Waals surface area (Å²) in [7, 11) is 1.63. The van der Waals surface area contributed by atoms with Crippen LogP contribution in [0.3, 0.4) is 0 Å². The summed E-state index contributed by atoms with van der Waals surface area (Å²) in [4.78, 5) is 0.903. The maximum atomic E-state index is 6.21. The number of halogens is 1. The van der Waals surface area contributed by atoms with Gasteiger partial charge < -0.3 is 19.3 Å². The highest BCUT2D eigenvalue weighted by Gasteiger charge is 2.25. The summed E-state index contributed by atoms with van der Waals surface area (Å²) >= 11 is 7.59. The second-order valence-corrected chi connectivity index (χ2v) is 8.08. The predicted molar refractivity (Wildman–Crippen MR) is 115 cm³/mol. The fraction of sp³-hybridized carbons (Fsp3) is 0.200. The minimum absolute atomic E-state index is 0.602. The molecule has 29 heavy (non-hydrogen) atoms. The minimum atomic E-state index is 0.602. The van der Waals surface area contributed by atoms with Crippen molar-refractivity contribution < 1.29 is 9.26 Å². The zero-order valence-corrected chi connectivity index (χ0v) is 17.1. The molecule has 5 rings (SSSR count). The number of nitrogens with zero attached hydrogens (tertiary/aromatic N) is 2. The van der Waals surface area contributed by atoms with Gasteiger partial charge in [0.1, 0.15) is 5.75 Å². The van der Waals surface area contributed by atoms with Gasteiger partial charge in [0, 0.05) is 28.6 Å². The Labute approximate surface area is 176 Å². The van der Waals surface area contributed by atoms with Crippen LogP contribution in [0.25, 0.3) is 11.0 Å². The summed E-state index contributed by atoms with van der Waals surface area (Å²) < 4.78 is 14.3. The molecule has 0 unspecified atom stereocenters. The minimum Gasteiger partial charge on any atom is -0.495 e. The number of aromatic amines is 1. The molecule has 1 aliphatic carbocycles. The first-order valence-electron chi connectivity index (χ1n) is 9.18. The fourth-order valence-electron chi connectivity index (χ4n) is 3.08. The van der Waals surface area contributed by atoms with Crippen LogP contribution in [-0.2, 0) is 0 Å². The molecular weight excluding hydrogens is 410 g/mol. The number of benzene rings is 2. The van der Waals surface area contributed by atoms with Crippen molar-refractivity contribution in [1.82, 2.24) is 15.4 Å². The summed E-state index contributed by atoms with van der Waals surface area (Å²) in [6, 6.07) is 13.4. The topological polar surface area (TPSA) is 88.0 Å². The van der Waals surface area contributed by atoms with E-state index in [9.17, 15) is 0 Å². The maximum absolute atomic E-state index is 6.21. The monoisotopic (exact) mass is 427 g/mol. The number of rotatable bonds is 7. The van der Waals surface area contributed by atoms with Crippen LogP contribution in [0.4, 0.5) is 17.3 Å². The normalized spacial score (nSPS) is 13.6. The highest BCUT2D eigenvalue weighted by molar-refractivity contribution is 8.00. The molecule has 2 heterocycles. The SMILES string of the molecule is COc1cc2c(NSc3ccccc3Cl)noc2cc1Nc1cc(C2CC2)[nH]n1. The van der Waals surface area contributed by atoms with E-state index in [2.05, 4.69) is 25.4 Å². The quantitative estimate of drug-likeness (QED) is 0.314. The Kier molecular flexibility index (Phi) is 4.73. The standard InChI is InChI=1S/C20H18ClN5O2S/c1-27-17-8-12-16(9-15(17)22-19-10-14(23-24-19)11-6-7-11)28-25-20(12)26-29-18-5-3-2-4-13(18)21/h2-5,8-11H,6-7H2,1H3,(H,25,26)(H2,22,23,24). The molecule has 1 saturated carbocycles. The number of anilines is 3. The molecule has 0 bridgehead atoms. The Morgan fingerprint density at radius 1 is 1.24 bits per heavy atom. The van der Waals surface area contributed by atoms with Crippen molar-refractivity contribution in [1.29, 1.82) is 0 Å². The van der Waals surface area contributed by atoms with Gasteiger partial charge in [-0.05, 0) is 43.0 Å². The smallest absolute Gasteiger partial charge is 0.187 e. The van der Waals surface area contributed by atoms with Gasteiger partial charge in [0.05, 0.1) is 23.2 Å².